The van der Waals surface area contributed by atoms with E-state index >= 15 is 0 Å². The van der Waals surface area contributed by atoms with Gasteiger partial charge in [-0.1, -0.05) is 17.7 Å². The fourth-order valence-electron chi connectivity index (χ4n) is 2.80. The lowest BCUT2D eigenvalue weighted by Crippen LogP contribution is -2.47. The van der Waals surface area contributed by atoms with Gasteiger partial charge in [-0.2, -0.15) is 0 Å². The third-order valence-electron chi connectivity index (χ3n) is 4.34. The first-order valence-electron chi connectivity index (χ1n) is 8.41. The quantitative estimate of drug-likeness (QED) is 0.809. The summed E-state index contributed by atoms with van der Waals surface area (Å²) < 4.78 is 5.68. The molecule has 1 aromatic rings. The predicted octanol–water partition coefficient (Wildman–Crippen LogP) is 1.03. The van der Waals surface area contributed by atoms with Gasteiger partial charge in [0.15, 0.2) is 0 Å². The van der Waals surface area contributed by atoms with Crippen LogP contribution in [0.2, 0.25) is 0 Å². The van der Waals surface area contributed by atoms with Gasteiger partial charge in [0.25, 0.3) is 0 Å². The number of hydrogen-bond donors (Lipinski definition) is 1. The van der Waals surface area contributed by atoms with Crippen LogP contribution in [0.25, 0.3) is 0 Å². The number of carbonyl (C=O) groups excluding carboxylic acids is 2. The molecule has 1 fully saturated rings. The fourth-order valence-corrected chi connectivity index (χ4v) is 2.80. The van der Waals surface area contributed by atoms with Crippen LogP contribution in [-0.4, -0.2) is 61.4 Å². The maximum Gasteiger partial charge on any atom is 0.236 e. The second-order valence-electron chi connectivity index (χ2n) is 6.48. The van der Waals surface area contributed by atoms with Crippen molar-refractivity contribution in [3.8, 4) is 5.75 Å². The van der Waals surface area contributed by atoms with Crippen LogP contribution in [0, 0.1) is 12.8 Å². The first kappa shape index (κ1) is 18.3. The minimum atomic E-state index is -0.313. The third kappa shape index (κ3) is 5.53. The van der Waals surface area contributed by atoms with Crippen molar-refractivity contribution < 1.29 is 14.3 Å². The number of aryl methyl sites for hydroxylation is 1. The molecule has 1 aromatic carbocycles. The number of likely N-dealkylation sites (tertiary alicyclic amines) is 1. The van der Waals surface area contributed by atoms with Gasteiger partial charge in [0.1, 0.15) is 12.4 Å². The van der Waals surface area contributed by atoms with Gasteiger partial charge < -0.3 is 15.4 Å². The third-order valence-corrected chi connectivity index (χ3v) is 4.34. The van der Waals surface area contributed by atoms with E-state index in [1.165, 1.54) is 5.56 Å². The predicted molar refractivity (Wildman–Crippen MR) is 92.7 cm³/mol. The molecule has 24 heavy (non-hydrogen) atoms. The molecule has 6 heteroatoms. The van der Waals surface area contributed by atoms with Crippen LogP contribution in [0.5, 0.6) is 5.75 Å². The van der Waals surface area contributed by atoms with Gasteiger partial charge in [-0.3, -0.25) is 14.5 Å². The number of ether oxygens (including phenoxy) is 1. The molecule has 6 nitrogen and oxygen atoms in total. The number of likely N-dealkylation sites (N-methyl/N-ethyl adjacent to an activating group) is 1. The lowest BCUT2D eigenvalue weighted by atomic mass is 9.97. The summed E-state index contributed by atoms with van der Waals surface area (Å²) in [5, 5.41) is 0. The van der Waals surface area contributed by atoms with Crippen molar-refractivity contribution >= 4 is 11.8 Å². The number of primary amides is 1. The highest BCUT2D eigenvalue weighted by Gasteiger charge is 2.27. The number of benzene rings is 1. The molecule has 1 aliphatic rings. The Morgan fingerprint density at radius 3 is 2.71 bits per heavy atom. The zero-order chi connectivity index (χ0) is 17.5. The van der Waals surface area contributed by atoms with Crippen LogP contribution >= 0.6 is 0 Å². The largest absolute Gasteiger partial charge is 0.492 e. The zero-order valence-corrected chi connectivity index (χ0v) is 14.5. The Bertz CT molecular complexity index is 559. The van der Waals surface area contributed by atoms with Crippen molar-refractivity contribution in [1.29, 1.82) is 0 Å². The highest BCUT2D eigenvalue weighted by molar-refractivity contribution is 5.81. The Kier molecular flexibility index (Phi) is 6.61. The molecule has 0 spiro atoms. The monoisotopic (exact) mass is 333 g/mol. The Labute approximate surface area is 143 Å². The number of nitrogens with zero attached hydrogens (tertiary/aromatic N) is 2. The molecule has 2 amide bonds. The van der Waals surface area contributed by atoms with Crippen molar-refractivity contribution in [3.63, 3.8) is 0 Å². The van der Waals surface area contributed by atoms with Crippen LogP contribution in [0.3, 0.4) is 0 Å². The second kappa shape index (κ2) is 8.68. The first-order valence-corrected chi connectivity index (χ1v) is 8.41. The highest BCUT2D eigenvalue weighted by atomic mass is 16.5. The van der Waals surface area contributed by atoms with Gasteiger partial charge in [0, 0.05) is 19.6 Å². The average Bonchev–Trinajstić information content (AvgIpc) is 2.56. The lowest BCUT2D eigenvalue weighted by Gasteiger charge is -2.32. The topological polar surface area (TPSA) is 75.9 Å². The van der Waals surface area contributed by atoms with Gasteiger partial charge in [-0.25, -0.2) is 0 Å². The minimum absolute atomic E-state index is 0.0405. The standard InChI is InChI=1S/C18H27N3O3/c1-14-5-7-16(8-6-14)24-11-10-20(2)13-17(22)21-9-3-4-15(12-21)18(19)23/h5-8,15H,3-4,9-13H2,1-2H3,(H2,19,23). The van der Waals surface area contributed by atoms with Crippen molar-refractivity contribution in [2.75, 3.05) is 39.8 Å². The normalized spacial score (nSPS) is 17.8. The van der Waals surface area contributed by atoms with Crippen molar-refractivity contribution in [1.82, 2.24) is 9.80 Å². The molecule has 0 saturated carbocycles. The van der Waals surface area contributed by atoms with Crippen LogP contribution in [-0.2, 0) is 9.59 Å². The Morgan fingerprint density at radius 2 is 2.04 bits per heavy atom. The van der Waals surface area contributed by atoms with Crippen molar-refractivity contribution in [2.45, 2.75) is 19.8 Å². The minimum Gasteiger partial charge on any atom is -0.492 e. The number of nitrogens with two attached hydrogens (primary N) is 1. The summed E-state index contributed by atoms with van der Waals surface area (Å²) in [6.45, 7) is 4.69. The first-order chi connectivity index (χ1) is 11.5. The Balaban J connectivity index is 1.71. The van der Waals surface area contributed by atoms with Crippen LogP contribution in [0.15, 0.2) is 24.3 Å². The molecule has 0 aromatic heterocycles. The maximum atomic E-state index is 12.3. The summed E-state index contributed by atoms with van der Waals surface area (Å²) in [5.74, 6) is 0.352. The number of piperidine rings is 1. The molecule has 2 N–H and O–H groups in total. The fraction of sp³-hybridized carbons (Fsp3) is 0.556. The van der Waals surface area contributed by atoms with Crippen molar-refractivity contribution in [2.24, 2.45) is 11.7 Å². The average molecular weight is 333 g/mol. The van der Waals surface area contributed by atoms with Crippen LogP contribution in [0.4, 0.5) is 0 Å². The number of rotatable bonds is 7. The molecule has 1 atom stereocenters. The van der Waals surface area contributed by atoms with E-state index in [4.69, 9.17) is 10.5 Å². The van der Waals surface area contributed by atoms with Gasteiger partial charge >= 0.3 is 0 Å². The molecule has 0 bridgehead atoms. The van der Waals surface area contributed by atoms with Gasteiger partial charge in [-0.15, -0.1) is 0 Å². The highest BCUT2D eigenvalue weighted by Crippen LogP contribution is 2.16. The van der Waals surface area contributed by atoms with E-state index in [9.17, 15) is 9.59 Å². The summed E-state index contributed by atoms with van der Waals surface area (Å²) >= 11 is 0. The molecular formula is C18H27N3O3. The molecule has 0 aliphatic carbocycles. The van der Waals surface area contributed by atoms with E-state index in [2.05, 4.69) is 0 Å². The smallest absolute Gasteiger partial charge is 0.236 e. The summed E-state index contributed by atoms with van der Waals surface area (Å²) in [4.78, 5) is 27.3. The zero-order valence-electron chi connectivity index (χ0n) is 14.5. The van der Waals surface area contributed by atoms with E-state index in [0.29, 0.717) is 32.8 Å². The molecular weight excluding hydrogens is 306 g/mol. The maximum absolute atomic E-state index is 12.3. The van der Waals surface area contributed by atoms with E-state index < -0.39 is 0 Å². The summed E-state index contributed by atoms with van der Waals surface area (Å²) in [7, 11) is 1.89. The van der Waals surface area contributed by atoms with Crippen LogP contribution < -0.4 is 10.5 Å². The van der Waals surface area contributed by atoms with Gasteiger partial charge in [-0.05, 0) is 38.9 Å². The number of hydrogen-bond acceptors (Lipinski definition) is 4. The lowest BCUT2D eigenvalue weighted by molar-refractivity contribution is -0.135. The van der Waals surface area contributed by atoms with Crippen LogP contribution in [0.1, 0.15) is 18.4 Å². The Morgan fingerprint density at radius 1 is 1.33 bits per heavy atom. The molecule has 132 valence electrons. The van der Waals surface area contributed by atoms with Gasteiger partial charge in [0.05, 0.1) is 12.5 Å². The molecule has 1 aliphatic heterocycles. The molecule has 0 radical (unpaired) electrons. The summed E-state index contributed by atoms with van der Waals surface area (Å²) in [6.07, 6.45) is 1.61. The number of carbonyl (C=O) groups is 2. The SMILES string of the molecule is Cc1ccc(OCCN(C)CC(=O)N2CCCC(C(N)=O)C2)cc1. The second-order valence-corrected chi connectivity index (χ2v) is 6.48. The Hall–Kier alpha value is -2.08. The molecule has 1 saturated heterocycles. The summed E-state index contributed by atoms with van der Waals surface area (Å²) in [5.41, 5.74) is 6.55. The molecule has 1 heterocycles. The van der Waals surface area contributed by atoms with E-state index in [0.717, 1.165) is 18.6 Å². The van der Waals surface area contributed by atoms with E-state index in [-0.39, 0.29) is 17.7 Å². The molecule has 2 rings (SSSR count). The van der Waals surface area contributed by atoms with E-state index in [1.54, 1.807) is 4.90 Å². The van der Waals surface area contributed by atoms with Crippen molar-refractivity contribution in [3.05, 3.63) is 29.8 Å². The van der Waals surface area contributed by atoms with Gasteiger partial charge in [0.2, 0.25) is 11.8 Å². The number of amides is 2. The summed E-state index contributed by atoms with van der Waals surface area (Å²) in [6, 6.07) is 7.90. The van der Waals surface area contributed by atoms with E-state index in [1.807, 2.05) is 43.1 Å². The molecule has 1 unspecified atom stereocenters.